The number of aliphatic hydroxyl groups is 2. The van der Waals surface area contributed by atoms with E-state index in [0.29, 0.717) is 0 Å². The maximum absolute atomic E-state index is 10.3. The quantitative estimate of drug-likeness (QED) is 0.343. The van der Waals surface area contributed by atoms with Crippen molar-refractivity contribution in [3.8, 4) is 0 Å². The third kappa shape index (κ3) is 1.94. The van der Waals surface area contributed by atoms with Crippen LogP contribution in [0, 0.1) is 6.42 Å². The molecule has 0 atom stereocenters. The summed E-state index contributed by atoms with van der Waals surface area (Å²) in [6.07, 6.45) is 1.33. The van der Waals surface area contributed by atoms with Crippen LogP contribution in [0.5, 0.6) is 0 Å². The molecule has 1 radical (unpaired) electrons. The van der Waals surface area contributed by atoms with E-state index in [2.05, 4.69) is 9.78 Å². The van der Waals surface area contributed by atoms with Crippen LogP contribution < -0.4 is 0 Å². The second-order valence-corrected chi connectivity index (χ2v) is 1.97. The van der Waals surface area contributed by atoms with E-state index in [1.54, 1.807) is 0 Å². The van der Waals surface area contributed by atoms with E-state index in [9.17, 15) is 4.79 Å². The summed E-state index contributed by atoms with van der Waals surface area (Å²) in [4.78, 5) is 18.2. The first-order chi connectivity index (χ1) is 4.60. The van der Waals surface area contributed by atoms with Gasteiger partial charge in [-0.25, -0.2) is 4.79 Å². The minimum Gasteiger partial charge on any atom is -0.341 e. The summed E-state index contributed by atoms with van der Waals surface area (Å²) >= 11 is 0. The molecule has 0 aliphatic carbocycles. The highest BCUT2D eigenvalue weighted by atomic mass is 17.3. The summed E-state index contributed by atoms with van der Waals surface area (Å²) in [7, 11) is 0. The SMILES string of the molecule is O=C1[CH]CCC(O)(O)OO1. The van der Waals surface area contributed by atoms with E-state index in [1.165, 1.54) is 6.42 Å². The van der Waals surface area contributed by atoms with Gasteiger partial charge in [0.1, 0.15) is 0 Å². The molecule has 0 spiro atoms. The molecule has 5 heteroatoms. The van der Waals surface area contributed by atoms with Gasteiger partial charge < -0.3 is 10.2 Å². The number of rotatable bonds is 0. The number of hydrogen-bond acceptors (Lipinski definition) is 5. The smallest absolute Gasteiger partial charge is 0.341 e. The molecule has 0 bridgehead atoms. The predicted molar refractivity (Wildman–Crippen MR) is 27.9 cm³/mol. The molecule has 57 valence electrons. The van der Waals surface area contributed by atoms with Crippen molar-refractivity contribution >= 4 is 5.97 Å². The van der Waals surface area contributed by atoms with Crippen molar-refractivity contribution in [2.75, 3.05) is 0 Å². The van der Waals surface area contributed by atoms with Crippen LogP contribution in [0.15, 0.2) is 0 Å². The van der Waals surface area contributed by atoms with Gasteiger partial charge in [0.25, 0.3) is 0 Å². The van der Waals surface area contributed by atoms with Gasteiger partial charge in [-0.1, -0.05) is 0 Å². The van der Waals surface area contributed by atoms with Gasteiger partial charge in [-0.2, -0.15) is 0 Å². The first-order valence-corrected chi connectivity index (χ1v) is 2.78. The fourth-order valence-corrected chi connectivity index (χ4v) is 0.562. The van der Waals surface area contributed by atoms with Gasteiger partial charge in [0.05, 0.1) is 6.42 Å². The minimum atomic E-state index is -2.33. The van der Waals surface area contributed by atoms with E-state index < -0.39 is 11.9 Å². The lowest BCUT2D eigenvalue weighted by Crippen LogP contribution is -2.30. The Morgan fingerprint density at radius 1 is 1.60 bits per heavy atom. The van der Waals surface area contributed by atoms with E-state index in [0.717, 1.165) is 0 Å². The first-order valence-electron chi connectivity index (χ1n) is 2.78. The van der Waals surface area contributed by atoms with Crippen LogP contribution in [-0.4, -0.2) is 22.2 Å². The molecule has 5 nitrogen and oxygen atoms in total. The summed E-state index contributed by atoms with van der Waals surface area (Å²) in [5.74, 6) is -3.03. The second kappa shape index (κ2) is 2.53. The topological polar surface area (TPSA) is 76.0 Å². The average Bonchev–Trinajstić information content (AvgIpc) is 1.94. The number of carbonyl (C=O) groups excluding carboxylic acids is 1. The molecule has 0 aromatic heterocycles. The fourth-order valence-electron chi connectivity index (χ4n) is 0.562. The van der Waals surface area contributed by atoms with Gasteiger partial charge in [-0.15, -0.1) is 4.89 Å². The number of carbonyl (C=O) groups is 1. The Hall–Kier alpha value is -0.650. The molecule has 10 heavy (non-hydrogen) atoms. The van der Waals surface area contributed by atoms with Crippen LogP contribution in [0.4, 0.5) is 0 Å². The molecule has 1 rings (SSSR count). The summed E-state index contributed by atoms with van der Waals surface area (Å²) in [5, 5.41) is 17.4. The zero-order valence-corrected chi connectivity index (χ0v) is 5.11. The van der Waals surface area contributed by atoms with E-state index >= 15 is 0 Å². The van der Waals surface area contributed by atoms with Crippen molar-refractivity contribution in [3.05, 3.63) is 6.42 Å². The lowest BCUT2D eigenvalue weighted by molar-refractivity contribution is -0.464. The third-order valence-electron chi connectivity index (χ3n) is 1.04. The zero-order chi connectivity index (χ0) is 7.61. The molecule has 0 unspecified atom stereocenters. The largest absolute Gasteiger partial charge is 0.346 e. The van der Waals surface area contributed by atoms with Gasteiger partial charge in [0.2, 0.25) is 0 Å². The normalized spacial score (nSPS) is 25.2. The standard InChI is InChI=1S/C5H7O5/c6-4-2-1-3-5(7,8)10-9-4/h2,7-8H,1,3H2. The molecular formula is C5H7O5. The van der Waals surface area contributed by atoms with Gasteiger partial charge in [0, 0.05) is 6.42 Å². The maximum atomic E-state index is 10.3. The van der Waals surface area contributed by atoms with Crippen LogP contribution in [0.1, 0.15) is 12.8 Å². The third-order valence-corrected chi connectivity index (χ3v) is 1.04. The van der Waals surface area contributed by atoms with Crippen molar-refractivity contribution in [1.82, 2.24) is 0 Å². The van der Waals surface area contributed by atoms with Crippen LogP contribution in [0.3, 0.4) is 0 Å². The Balaban J connectivity index is 2.48. The van der Waals surface area contributed by atoms with Crippen LogP contribution >= 0.6 is 0 Å². The first kappa shape index (κ1) is 7.46. The van der Waals surface area contributed by atoms with Gasteiger partial charge in [-0.05, 0) is 6.42 Å². The highest BCUT2D eigenvalue weighted by molar-refractivity contribution is 5.78. The molecule has 1 fully saturated rings. The molecule has 0 aromatic carbocycles. The number of hydrogen-bond donors (Lipinski definition) is 2. The van der Waals surface area contributed by atoms with Crippen molar-refractivity contribution in [1.29, 1.82) is 0 Å². The van der Waals surface area contributed by atoms with Gasteiger partial charge >= 0.3 is 11.9 Å². The zero-order valence-electron chi connectivity index (χ0n) is 5.11. The summed E-state index contributed by atoms with van der Waals surface area (Å²) < 4.78 is 0. The molecule has 1 heterocycles. The molecule has 0 saturated carbocycles. The van der Waals surface area contributed by atoms with Crippen LogP contribution in [0.25, 0.3) is 0 Å². The highest BCUT2D eigenvalue weighted by Gasteiger charge is 2.30. The highest BCUT2D eigenvalue weighted by Crippen LogP contribution is 2.16. The average molecular weight is 147 g/mol. The Morgan fingerprint density at radius 3 is 3.00 bits per heavy atom. The molecule has 0 aromatic rings. The lowest BCUT2D eigenvalue weighted by Gasteiger charge is -2.14. The van der Waals surface area contributed by atoms with Crippen molar-refractivity contribution in [2.24, 2.45) is 0 Å². The minimum absolute atomic E-state index is 0.0707. The molecule has 0 amide bonds. The van der Waals surface area contributed by atoms with E-state index in [4.69, 9.17) is 10.2 Å². The maximum Gasteiger partial charge on any atom is 0.346 e. The molecule has 1 aliphatic heterocycles. The summed E-state index contributed by atoms with van der Waals surface area (Å²) in [6, 6.07) is 0. The van der Waals surface area contributed by atoms with Gasteiger partial charge in [0.15, 0.2) is 0 Å². The molecule has 2 N–H and O–H groups in total. The Morgan fingerprint density at radius 2 is 2.30 bits per heavy atom. The fraction of sp³-hybridized carbons (Fsp3) is 0.600. The van der Waals surface area contributed by atoms with E-state index in [-0.39, 0.29) is 12.8 Å². The molecule has 1 saturated heterocycles. The predicted octanol–water partition coefficient (Wildman–Crippen LogP) is -0.902. The summed E-state index contributed by atoms with van der Waals surface area (Å²) in [5.41, 5.74) is 0. The Kier molecular flexibility index (Phi) is 1.89. The van der Waals surface area contributed by atoms with Crippen molar-refractivity contribution < 1.29 is 24.8 Å². The van der Waals surface area contributed by atoms with Crippen LogP contribution in [-0.2, 0) is 14.6 Å². The molecule has 1 aliphatic rings. The molecular weight excluding hydrogens is 140 g/mol. The Labute approximate surface area is 57.1 Å². The van der Waals surface area contributed by atoms with Gasteiger partial charge in [-0.3, -0.25) is 4.89 Å². The lowest BCUT2D eigenvalue weighted by atomic mass is 10.2. The van der Waals surface area contributed by atoms with Crippen LogP contribution in [0.2, 0.25) is 0 Å². The second-order valence-electron chi connectivity index (χ2n) is 1.97. The Bertz CT molecular complexity index is 141. The van der Waals surface area contributed by atoms with E-state index in [1.807, 2.05) is 0 Å². The monoisotopic (exact) mass is 147 g/mol. The van der Waals surface area contributed by atoms with Crippen molar-refractivity contribution in [3.63, 3.8) is 0 Å². The summed E-state index contributed by atoms with van der Waals surface area (Å²) in [6.45, 7) is 0. The van der Waals surface area contributed by atoms with Crippen molar-refractivity contribution in [2.45, 2.75) is 18.8 Å².